The first kappa shape index (κ1) is 15.7. The van der Waals surface area contributed by atoms with Crippen LogP contribution in [-0.2, 0) is 10.0 Å². The van der Waals surface area contributed by atoms with Gasteiger partial charge in [0.25, 0.3) is 0 Å². The van der Waals surface area contributed by atoms with Crippen molar-refractivity contribution in [1.82, 2.24) is 9.71 Å². The highest BCUT2D eigenvalue weighted by atomic mass is 32.2. The monoisotopic (exact) mass is 327 g/mol. The molecule has 114 valence electrons. The first-order valence-electron chi connectivity index (χ1n) is 6.25. The molecular formula is C13H17N3O3S2. The van der Waals surface area contributed by atoms with Gasteiger partial charge in [0, 0.05) is 4.88 Å². The first-order chi connectivity index (χ1) is 9.70. The fourth-order valence-corrected chi connectivity index (χ4v) is 4.26. The van der Waals surface area contributed by atoms with E-state index in [1.807, 2.05) is 13.8 Å². The van der Waals surface area contributed by atoms with Gasteiger partial charge in [-0.25, -0.2) is 18.1 Å². The summed E-state index contributed by atoms with van der Waals surface area (Å²) in [5.41, 5.74) is 6.38. The third-order valence-electron chi connectivity index (χ3n) is 2.97. The van der Waals surface area contributed by atoms with Crippen LogP contribution >= 0.6 is 11.3 Å². The minimum atomic E-state index is -3.72. The molecule has 0 saturated heterocycles. The summed E-state index contributed by atoms with van der Waals surface area (Å²) in [6.07, 6.45) is 0. The van der Waals surface area contributed by atoms with Gasteiger partial charge in [0.15, 0.2) is 0 Å². The highest BCUT2D eigenvalue weighted by Gasteiger charge is 2.22. The Hall–Kier alpha value is -1.64. The van der Waals surface area contributed by atoms with Crippen LogP contribution in [0.15, 0.2) is 23.1 Å². The number of anilines is 1. The molecule has 0 aliphatic heterocycles. The number of aryl methyl sites for hydroxylation is 2. The Balaban J connectivity index is 2.28. The van der Waals surface area contributed by atoms with Crippen LogP contribution in [0, 0.1) is 13.8 Å². The Kier molecular flexibility index (Phi) is 4.22. The van der Waals surface area contributed by atoms with Crippen molar-refractivity contribution in [3.8, 4) is 5.75 Å². The lowest BCUT2D eigenvalue weighted by Crippen LogP contribution is -2.26. The maximum atomic E-state index is 12.3. The third kappa shape index (κ3) is 3.34. The molecule has 0 aliphatic carbocycles. The van der Waals surface area contributed by atoms with Gasteiger partial charge in [-0.2, -0.15) is 0 Å². The Morgan fingerprint density at radius 2 is 2.05 bits per heavy atom. The molecule has 0 radical (unpaired) electrons. The molecule has 1 heterocycles. The van der Waals surface area contributed by atoms with E-state index in [0.717, 1.165) is 15.6 Å². The standard InChI is InChI=1S/C13H17N3O3S2/c1-7-13(20-9(3)15-7)8(2)16-21(18,19)10-4-5-12(17)11(14)6-10/h4-6,8,16-17H,14H2,1-3H3. The zero-order chi connectivity index (χ0) is 15.8. The zero-order valence-electron chi connectivity index (χ0n) is 11.9. The van der Waals surface area contributed by atoms with Crippen molar-refractivity contribution < 1.29 is 13.5 Å². The van der Waals surface area contributed by atoms with E-state index in [2.05, 4.69) is 9.71 Å². The van der Waals surface area contributed by atoms with Gasteiger partial charge in [-0.3, -0.25) is 0 Å². The summed E-state index contributed by atoms with van der Waals surface area (Å²) in [5.74, 6) is -0.143. The predicted octanol–water partition coefficient (Wildman–Crippen LogP) is 2.09. The predicted molar refractivity (Wildman–Crippen MR) is 82.8 cm³/mol. The number of nitrogens with one attached hydrogen (secondary N) is 1. The minimum Gasteiger partial charge on any atom is -0.506 e. The second-order valence-electron chi connectivity index (χ2n) is 4.75. The van der Waals surface area contributed by atoms with Gasteiger partial charge in [0.05, 0.1) is 27.3 Å². The van der Waals surface area contributed by atoms with Crippen LogP contribution in [0.1, 0.15) is 28.5 Å². The van der Waals surface area contributed by atoms with Crippen molar-refractivity contribution in [2.75, 3.05) is 5.73 Å². The number of phenols is 1. The van der Waals surface area contributed by atoms with Crippen molar-refractivity contribution in [3.05, 3.63) is 33.8 Å². The average Bonchev–Trinajstić information content (AvgIpc) is 2.71. The lowest BCUT2D eigenvalue weighted by atomic mass is 10.2. The second-order valence-corrected chi connectivity index (χ2v) is 7.69. The van der Waals surface area contributed by atoms with Crippen molar-refractivity contribution in [1.29, 1.82) is 0 Å². The third-order valence-corrected chi connectivity index (χ3v) is 5.77. The van der Waals surface area contributed by atoms with Crippen LogP contribution in [0.2, 0.25) is 0 Å². The smallest absolute Gasteiger partial charge is 0.241 e. The number of nitrogen functional groups attached to an aromatic ring is 1. The van der Waals surface area contributed by atoms with Crippen LogP contribution in [0.4, 0.5) is 5.69 Å². The number of hydrogen-bond acceptors (Lipinski definition) is 6. The summed E-state index contributed by atoms with van der Waals surface area (Å²) >= 11 is 1.46. The highest BCUT2D eigenvalue weighted by Crippen LogP contribution is 2.27. The number of sulfonamides is 1. The molecule has 1 atom stereocenters. The summed E-state index contributed by atoms with van der Waals surface area (Å²) in [5, 5.41) is 10.3. The molecule has 0 saturated carbocycles. The summed E-state index contributed by atoms with van der Waals surface area (Å²) in [7, 11) is -3.72. The van der Waals surface area contributed by atoms with E-state index in [1.54, 1.807) is 6.92 Å². The van der Waals surface area contributed by atoms with Gasteiger partial charge in [0.1, 0.15) is 5.75 Å². The summed E-state index contributed by atoms with van der Waals surface area (Å²) in [6, 6.07) is 3.41. The number of aromatic nitrogens is 1. The zero-order valence-corrected chi connectivity index (χ0v) is 13.5. The van der Waals surface area contributed by atoms with Gasteiger partial charge in [-0.05, 0) is 39.0 Å². The molecule has 21 heavy (non-hydrogen) atoms. The molecule has 8 heteroatoms. The Morgan fingerprint density at radius 3 is 2.57 bits per heavy atom. The van der Waals surface area contributed by atoms with Gasteiger partial charge in [0.2, 0.25) is 10.0 Å². The van der Waals surface area contributed by atoms with E-state index < -0.39 is 16.1 Å². The molecule has 0 spiro atoms. The number of nitrogens with zero attached hydrogens (tertiary/aromatic N) is 1. The van der Waals surface area contributed by atoms with E-state index >= 15 is 0 Å². The molecule has 1 aromatic carbocycles. The minimum absolute atomic E-state index is 0.0172. The molecule has 0 amide bonds. The summed E-state index contributed by atoms with van der Waals surface area (Å²) in [4.78, 5) is 5.19. The summed E-state index contributed by atoms with van der Waals surface area (Å²) in [6.45, 7) is 5.49. The fraction of sp³-hybridized carbons (Fsp3) is 0.308. The van der Waals surface area contributed by atoms with E-state index in [4.69, 9.17) is 5.73 Å². The van der Waals surface area contributed by atoms with E-state index in [-0.39, 0.29) is 16.3 Å². The summed E-state index contributed by atoms with van der Waals surface area (Å²) < 4.78 is 27.3. The quantitative estimate of drug-likeness (QED) is 0.589. The maximum Gasteiger partial charge on any atom is 0.241 e. The van der Waals surface area contributed by atoms with E-state index in [9.17, 15) is 13.5 Å². The van der Waals surface area contributed by atoms with Crippen molar-refractivity contribution in [3.63, 3.8) is 0 Å². The topological polar surface area (TPSA) is 105 Å². The number of benzene rings is 1. The molecule has 0 aliphatic rings. The normalized spacial score (nSPS) is 13.3. The number of thiazole rings is 1. The molecule has 4 N–H and O–H groups in total. The second kappa shape index (κ2) is 5.63. The average molecular weight is 327 g/mol. The maximum absolute atomic E-state index is 12.3. The number of rotatable bonds is 4. The number of aromatic hydroxyl groups is 1. The Labute approximate surface area is 127 Å². The highest BCUT2D eigenvalue weighted by molar-refractivity contribution is 7.89. The van der Waals surface area contributed by atoms with Crippen LogP contribution < -0.4 is 10.5 Å². The van der Waals surface area contributed by atoms with Crippen LogP contribution in [0.3, 0.4) is 0 Å². The molecule has 1 unspecified atom stereocenters. The lowest BCUT2D eigenvalue weighted by Gasteiger charge is -2.14. The van der Waals surface area contributed by atoms with Crippen molar-refractivity contribution >= 4 is 27.0 Å². The molecule has 1 aromatic heterocycles. The van der Waals surface area contributed by atoms with Crippen LogP contribution in [0.25, 0.3) is 0 Å². The van der Waals surface area contributed by atoms with Crippen molar-refractivity contribution in [2.24, 2.45) is 0 Å². The van der Waals surface area contributed by atoms with Gasteiger partial charge in [-0.15, -0.1) is 11.3 Å². The number of phenolic OH excluding ortho intramolecular Hbond substituents is 1. The molecule has 0 fully saturated rings. The fourth-order valence-electron chi connectivity index (χ4n) is 2.00. The van der Waals surface area contributed by atoms with Crippen LogP contribution in [0.5, 0.6) is 5.75 Å². The number of nitrogens with two attached hydrogens (primary N) is 1. The first-order valence-corrected chi connectivity index (χ1v) is 8.55. The largest absolute Gasteiger partial charge is 0.506 e. The van der Waals surface area contributed by atoms with Gasteiger partial charge >= 0.3 is 0 Å². The van der Waals surface area contributed by atoms with E-state index in [1.165, 1.54) is 29.5 Å². The van der Waals surface area contributed by atoms with Gasteiger partial charge < -0.3 is 10.8 Å². The van der Waals surface area contributed by atoms with Crippen molar-refractivity contribution in [2.45, 2.75) is 31.7 Å². The lowest BCUT2D eigenvalue weighted by molar-refractivity contribution is 0.477. The Morgan fingerprint density at radius 1 is 1.38 bits per heavy atom. The SMILES string of the molecule is Cc1nc(C)c(C(C)NS(=O)(=O)c2ccc(O)c(N)c2)s1. The molecular weight excluding hydrogens is 310 g/mol. The molecule has 6 nitrogen and oxygen atoms in total. The Bertz CT molecular complexity index is 769. The molecule has 2 rings (SSSR count). The van der Waals surface area contributed by atoms with Gasteiger partial charge in [-0.1, -0.05) is 0 Å². The number of hydrogen-bond donors (Lipinski definition) is 3. The van der Waals surface area contributed by atoms with E-state index in [0.29, 0.717) is 0 Å². The molecule has 0 bridgehead atoms. The molecule has 2 aromatic rings. The van der Waals surface area contributed by atoms with Crippen LogP contribution in [-0.4, -0.2) is 18.5 Å².